The normalized spacial score (nSPS) is 20.0. The van der Waals surface area contributed by atoms with Gasteiger partial charge in [0.15, 0.2) is 0 Å². The van der Waals surface area contributed by atoms with E-state index in [2.05, 4.69) is 55.5 Å². The first kappa shape index (κ1) is 18.0. The zero-order chi connectivity index (χ0) is 17.6. The van der Waals surface area contributed by atoms with E-state index < -0.39 is 0 Å². The van der Waals surface area contributed by atoms with Crippen LogP contribution in [-0.4, -0.2) is 36.2 Å². The summed E-state index contributed by atoms with van der Waals surface area (Å²) in [6.45, 7) is 4.29. The third-order valence-electron chi connectivity index (χ3n) is 4.93. The minimum absolute atomic E-state index is 0.247. The fourth-order valence-corrected chi connectivity index (χ4v) is 4.28. The number of hydrogen-bond donors (Lipinski definition) is 1. The molecule has 1 aliphatic heterocycles. The highest BCUT2D eigenvalue weighted by Gasteiger charge is 2.34. The molecule has 3 rings (SSSR count). The number of benzene rings is 2. The van der Waals surface area contributed by atoms with Crippen molar-refractivity contribution in [3.63, 3.8) is 0 Å². The van der Waals surface area contributed by atoms with Crippen LogP contribution in [0.3, 0.4) is 0 Å². The maximum Gasteiger partial charge on any atom is 0.223 e. The van der Waals surface area contributed by atoms with Gasteiger partial charge in [0.2, 0.25) is 5.91 Å². The number of amides is 1. The van der Waals surface area contributed by atoms with Gasteiger partial charge in [-0.3, -0.25) is 4.79 Å². The summed E-state index contributed by atoms with van der Waals surface area (Å²) >= 11 is 1.75. The second kappa shape index (κ2) is 8.54. The quantitative estimate of drug-likeness (QED) is 0.805. The Bertz CT molecular complexity index is 687. The Hall–Kier alpha value is -1.78. The van der Waals surface area contributed by atoms with Crippen molar-refractivity contribution in [2.45, 2.75) is 24.2 Å². The highest BCUT2D eigenvalue weighted by atomic mass is 32.2. The van der Waals surface area contributed by atoms with E-state index in [0.29, 0.717) is 24.8 Å². The highest BCUT2D eigenvalue weighted by Crippen LogP contribution is 2.32. The van der Waals surface area contributed by atoms with Crippen LogP contribution in [0.1, 0.15) is 23.5 Å². The smallest absolute Gasteiger partial charge is 0.223 e. The Labute approximate surface area is 154 Å². The summed E-state index contributed by atoms with van der Waals surface area (Å²) in [6.07, 6.45) is 0.581. The molecule has 1 aliphatic rings. The van der Waals surface area contributed by atoms with Gasteiger partial charge in [-0.05, 0) is 37.1 Å². The van der Waals surface area contributed by atoms with Gasteiger partial charge >= 0.3 is 0 Å². The summed E-state index contributed by atoms with van der Waals surface area (Å²) in [7, 11) is 0. The van der Waals surface area contributed by atoms with Crippen LogP contribution in [0.5, 0.6) is 0 Å². The zero-order valence-corrected chi connectivity index (χ0v) is 15.5. The number of hydrogen-bond acceptors (Lipinski definition) is 3. The molecule has 0 aliphatic carbocycles. The maximum absolute atomic E-state index is 12.6. The van der Waals surface area contributed by atoms with E-state index in [1.54, 1.807) is 11.8 Å². The van der Waals surface area contributed by atoms with E-state index in [9.17, 15) is 4.79 Å². The molecule has 0 bridgehead atoms. The number of carbonyl (C=O) groups excluding carboxylic acids is 1. The van der Waals surface area contributed by atoms with Gasteiger partial charge in [0.25, 0.3) is 0 Å². The standard InChI is InChI=1S/C21H26N2OS/c1-16-7-9-19(10-8-16)25-12-11-21(24)23-14-18(13-22)20(15-23)17-5-3-2-4-6-17/h2-10,18,20H,11-15,22H2,1H3/t18-,20+/m1/s1. The van der Waals surface area contributed by atoms with Crippen LogP contribution >= 0.6 is 11.8 Å². The molecule has 2 aromatic rings. The molecule has 0 saturated carbocycles. The van der Waals surface area contributed by atoms with Crippen LogP contribution in [0.2, 0.25) is 0 Å². The zero-order valence-electron chi connectivity index (χ0n) is 14.7. The van der Waals surface area contributed by atoms with Crippen molar-refractivity contribution < 1.29 is 4.79 Å². The molecule has 2 atom stereocenters. The van der Waals surface area contributed by atoms with Crippen molar-refractivity contribution in [2.75, 3.05) is 25.4 Å². The van der Waals surface area contributed by atoms with Crippen LogP contribution in [-0.2, 0) is 4.79 Å². The number of nitrogens with two attached hydrogens (primary N) is 1. The number of rotatable bonds is 6. The third-order valence-corrected chi connectivity index (χ3v) is 5.94. The highest BCUT2D eigenvalue weighted by molar-refractivity contribution is 7.99. The second-order valence-electron chi connectivity index (χ2n) is 6.72. The largest absolute Gasteiger partial charge is 0.342 e. The summed E-state index contributed by atoms with van der Waals surface area (Å²) in [4.78, 5) is 15.8. The number of aryl methyl sites for hydroxylation is 1. The first-order chi connectivity index (χ1) is 12.2. The summed E-state index contributed by atoms with van der Waals surface area (Å²) in [5.74, 6) is 1.79. The number of nitrogens with zero attached hydrogens (tertiary/aromatic N) is 1. The van der Waals surface area contributed by atoms with Gasteiger partial charge in [0, 0.05) is 36.1 Å². The maximum atomic E-state index is 12.6. The first-order valence-corrected chi connectivity index (χ1v) is 9.88. The van der Waals surface area contributed by atoms with Crippen LogP contribution < -0.4 is 5.73 Å². The van der Waals surface area contributed by atoms with Crippen molar-refractivity contribution in [3.05, 3.63) is 65.7 Å². The Morgan fingerprint density at radius 3 is 2.52 bits per heavy atom. The molecular formula is C21H26N2OS. The minimum atomic E-state index is 0.247. The van der Waals surface area contributed by atoms with Crippen molar-refractivity contribution in [1.82, 2.24) is 4.90 Å². The van der Waals surface area contributed by atoms with Crippen molar-refractivity contribution >= 4 is 17.7 Å². The molecule has 25 heavy (non-hydrogen) atoms. The fraction of sp³-hybridized carbons (Fsp3) is 0.381. The molecule has 1 saturated heterocycles. The summed E-state index contributed by atoms with van der Waals surface area (Å²) in [6, 6.07) is 18.9. The lowest BCUT2D eigenvalue weighted by molar-refractivity contribution is -0.129. The summed E-state index contributed by atoms with van der Waals surface area (Å²) in [5, 5.41) is 0. The van der Waals surface area contributed by atoms with Gasteiger partial charge in [0.05, 0.1) is 0 Å². The Kier molecular flexibility index (Phi) is 6.16. The Morgan fingerprint density at radius 2 is 1.84 bits per heavy atom. The van der Waals surface area contributed by atoms with E-state index in [0.717, 1.165) is 18.8 Å². The lowest BCUT2D eigenvalue weighted by atomic mass is 9.89. The molecule has 1 amide bonds. The lowest BCUT2D eigenvalue weighted by Gasteiger charge is -2.17. The molecule has 132 valence electrons. The number of likely N-dealkylation sites (tertiary alicyclic amines) is 1. The van der Waals surface area contributed by atoms with Gasteiger partial charge in [-0.2, -0.15) is 0 Å². The SMILES string of the molecule is Cc1ccc(SCCC(=O)N2C[C@@H](CN)[C@H](c3ccccc3)C2)cc1. The molecule has 1 heterocycles. The monoisotopic (exact) mass is 354 g/mol. The van der Waals surface area contributed by atoms with Crippen molar-refractivity contribution in [3.8, 4) is 0 Å². The first-order valence-electron chi connectivity index (χ1n) is 8.89. The molecule has 0 unspecified atom stereocenters. The average Bonchev–Trinajstić information content (AvgIpc) is 3.08. The van der Waals surface area contributed by atoms with E-state index in [-0.39, 0.29) is 5.91 Å². The lowest BCUT2D eigenvalue weighted by Crippen LogP contribution is -2.30. The molecule has 0 radical (unpaired) electrons. The molecule has 2 aromatic carbocycles. The summed E-state index contributed by atoms with van der Waals surface area (Å²) in [5.41, 5.74) is 8.53. The van der Waals surface area contributed by atoms with E-state index in [4.69, 9.17) is 5.73 Å². The Balaban J connectivity index is 1.53. The average molecular weight is 355 g/mol. The van der Waals surface area contributed by atoms with Crippen LogP contribution in [0.4, 0.5) is 0 Å². The van der Waals surface area contributed by atoms with Gasteiger partial charge in [-0.15, -0.1) is 11.8 Å². The van der Waals surface area contributed by atoms with Gasteiger partial charge in [-0.1, -0.05) is 48.0 Å². The fourth-order valence-electron chi connectivity index (χ4n) is 3.44. The second-order valence-corrected chi connectivity index (χ2v) is 7.89. The molecule has 1 fully saturated rings. The predicted molar refractivity (Wildman–Crippen MR) is 105 cm³/mol. The summed E-state index contributed by atoms with van der Waals surface area (Å²) < 4.78 is 0. The van der Waals surface area contributed by atoms with E-state index in [1.165, 1.54) is 16.0 Å². The van der Waals surface area contributed by atoms with Crippen LogP contribution in [0, 0.1) is 12.8 Å². The van der Waals surface area contributed by atoms with Gasteiger partial charge < -0.3 is 10.6 Å². The number of carbonyl (C=O) groups is 1. The molecule has 2 N–H and O–H groups in total. The van der Waals surface area contributed by atoms with Gasteiger partial charge in [0.1, 0.15) is 0 Å². The Morgan fingerprint density at radius 1 is 1.12 bits per heavy atom. The molecule has 0 aromatic heterocycles. The molecule has 0 spiro atoms. The van der Waals surface area contributed by atoms with E-state index >= 15 is 0 Å². The van der Waals surface area contributed by atoms with Crippen molar-refractivity contribution in [1.29, 1.82) is 0 Å². The topological polar surface area (TPSA) is 46.3 Å². The van der Waals surface area contributed by atoms with E-state index in [1.807, 2.05) is 11.0 Å². The minimum Gasteiger partial charge on any atom is -0.342 e. The van der Waals surface area contributed by atoms with Crippen LogP contribution in [0.15, 0.2) is 59.5 Å². The third kappa shape index (κ3) is 4.65. The predicted octanol–water partition coefficient (Wildman–Crippen LogP) is 3.68. The van der Waals surface area contributed by atoms with Crippen molar-refractivity contribution in [2.24, 2.45) is 11.7 Å². The molecular weight excluding hydrogens is 328 g/mol. The molecule has 3 nitrogen and oxygen atoms in total. The number of thioether (sulfide) groups is 1. The molecule has 4 heteroatoms. The van der Waals surface area contributed by atoms with Crippen LogP contribution in [0.25, 0.3) is 0 Å². The van der Waals surface area contributed by atoms with Gasteiger partial charge in [-0.25, -0.2) is 0 Å².